The van der Waals surface area contributed by atoms with Crippen molar-refractivity contribution < 1.29 is 9.90 Å². The molecule has 1 aromatic carbocycles. The predicted molar refractivity (Wildman–Crippen MR) is 67.4 cm³/mol. The average molecular weight is 253 g/mol. The first-order chi connectivity index (χ1) is 8.04. The number of benzene rings is 1. The highest BCUT2D eigenvalue weighted by atomic mass is 35.5. The van der Waals surface area contributed by atoms with Crippen molar-refractivity contribution in [3.8, 4) is 0 Å². The van der Waals surface area contributed by atoms with Gasteiger partial charge in [-0.25, -0.2) is 0 Å². The highest BCUT2D eigenvalue weighted by Crippen LogP contribution is 2.29. The molecule has 1 heterocycles. The normalized spacial score (nSPS) is 12.9. The van der Waals surface area contributed by atoms with Crippen LogP contribution in [-0.2, 0) is 11.8 Å². The quantitative estimate of drug-likeness (QED) is 0.877. The average Bonchev–Trinajstić information content (AvgIpc) is 2.62. The molecule has 0 spiro atoms. The maximum Gasteiger partial charge on any atom is 0.312 e. The Labute approximate surface area is 104 Å². The Kier molecular flexibility index (Phi) is 3.09. The van der Waals surface area contributed by atoms with E-state index in [1.807, 2.05) is 29.9 Å². The first-order valence-electron chi connectivity index (χ1n) is 5.22. The fourth-order valence-electron chi connectivity index (χ4n) is 1.93. The maximum atomic E-state index is 11.1. The van der Waals surface area contributed by atoms with Crippen LogP contribution in [0, 0.1) is 0 Å². The Hall–Kier alpha value is -1.52. The van der Waals surface area contributed by atoms with E-state index in [1.54, 1.807) is 6.07 Å². The summed E-state index contributed by atoms with van der Waals surface area (Å²) in [6.07, 6.45) is 1.89. The largest absolute Gasteiger partial charge is 0.481 e. The summed E-state index contributed by atoms with van der Waals surface area (Å²) in [5.41, 5.74) is 7.03. The van der Waals surface area contributed by atoms with E-state index in [2.05, 4.69) is 0 Å². The molecule has 17 heavy (non-hydrogen) atoms. The Bertz CT molecular complexity index is 577. The van der Waals surface area contributed by atoms with E-state index in [4.69, 9.17) is 22.4 Å². The van der Waals surface area contributed by atoms with Crippen molar-refractivity contribution >= 4 is 28.5 Å². The summed E-state index contributed by atoms with van der Waals surface area (Å²) in [6.45, 7) is 0.0571. The molecule has 1 unspecified atom stereocenters. The van der Waals surface area contributed by atoms with Gasteiger partial charge in [0.25, 0.3) is 0 Å². The standard InChI is InChI=1S/C12H13ClN2O2/c1-15-3-2-8-10(13)4-7(5-11(8)15)9(6-14)12(16)17/h2-5,9H,6,14H2,1H3,(H,16,17). The minimum absolute atomic E-state index is 0.0571. The number of aryl methyl sites for hydroxylation is 1. The van der Waals surface area contributed by atoms with Gasteiger partial charge in [-0.3, -0.25) is 4.79 Å². The van der Waals surface area contributed by atoms with Crippen molar-refractivity contribution in [1.29, 1.82) is 0 Å². The number of halogens is 1. The van der Waals surface area contributed by atoms with Gasteiger partial charge in [-0.15, -0.1) is 0 Å². The predicted octanol–water partition coefficient (Wildman–Crippen LogP) is 1.96. The number of nitrogens with zero attached hydrogens (tertiary/aromatic N) is 1. The molecule has 0 aliphatic rings. The third-order valence-corrected chi connectivity index (χ3v) is 3.22. The van der Waals surface area contributed by atoms with Gasteiger partial charge in [-0.05, 0) is 23.8 Å². The second kappa shape index (κ2) is 4.39. The smallest absolute Gasteiger partial charge is 0.312 e. The Morgan fingerprint density at radius 1 is 1.59 bits per heavy atom. The van der Waals surface area contributed by atoms with Gasteiger partial charge in [0, 0.05) is 30.7 Å². The van der Waals surface area contributed by atoms with Crippen LogP contribution >= 0.6 is 11.6 Å². The summed E-state index contributed by atoms with van der Waals surface area (Å²) in [4.78, 5) is 11.1. The molecule has 1 atom stereocenters. The van der Waals surface area contributed by atoms with Crippen molar-refractivity contribution in [3.63, 3.8) is 0 Å². The first kappa shape index (κ1) is 12.0. The van der Waals surface area contributed by atoms with E-state index in [0.29, 0.717) is 10.6 Å². The van der Waals surface area contributed by atoms with Gasteiger partial charge < -0.3 is 15.4 Å². The van der Waals surface area contributed by atoms with Crippen LogP contribution in [0.1, 0.15) is 11.5 Å². The number of carboxylic acids is 1. The molecule has 2 rings (SSSR count). The monoisotopic (exact) mass is 252 g/mol. The summed E-state index contributed by atoms with van der Waals surface area (Å²) in [7, 11) is 1.89. The van der Waals surface area contributed by atoms with Gasteiger partial charge in [0.1, 0.15) is 0 Å². The summed E-state index contributed by atoms with van der Waals surface area (Å²) in [5.74, 6) is -1.65. The number of rotatable bonds is 3. The molecule has 3 N–H and O–H groups in total. The zero-order chi connectivity index (χ0) is 12.6. The summed E-state index contributed by atoms with van der Waals surface area (Å²) in [6, 6.07) is 5.40. The first-order valence-corrected chi connectivity index (χ1v) is 5.59. The minimum atomic E-state index is -0.933. The fourth-order valence-corrected chi connectivity index (χ4v) is 2.21. The van der Waals surface area contributed by atoms with Gasteiger partial charge in [0.15, 0.2) is 0 Å². The lowest BCUT2D eigenvalue weighted by Gasteiger charge is -2.11. The molecule has 2 aromatic rings. The van der Waals surface area contributed by atoms with Crippen LogP contribution in [0.3, 0.4) is 0 Å². The van der Waals surface area contributed by atoms with E-state index < -0.39 is 11.9 Å². The minimum Gasteiger partial charge on any atom is -0.481 e. The second-order valence-corrected chi connectivity index (χ2v) is 4.40. The van der Waals surface area contributed by atoms with Gasteiger partial charge in [-0.2, -0.15) is 0 Å². The van der Waals surface area contributed by atoms with Crippen molar-refractivity contribution in [2.45, 2.75) is 5.92 Å². The Balaban J connectivity index is 2.62. The van der Waals surface area contributed by atoms with Gasteiger partial charge in [0.2, 0.25) is 0 Å². The topological polar surface area (TPSA) is 68.2 Å². The number of fused-ring (bicyclic) bond motifs is 1. The number of carbonyl (C=O) groups is 1. The molecule has 0 saturated carbocycles. The molecule has 90 valence electrons. The van der Waals surface area contributed by atoms with Crippen molar-refractivity contribution in [2.75, 3.05) is 6.54 Å². The third-order valence-electron chi connectivity index (χ3n) is 2.91. The molecule has 5 heteroatoms. The number of hydrogen-bond donors (Lipinski definition) is 2. The van der Waals surface area contributed by atoms with E-state index in [-0.39, 0.29) is 6.54 Å². The van der Waals surface area contributed by atoms with Gasteiger partial charge in [0.05, 0.1) is 10.9 Å². The number of carboxylic acid groups (broad SMARTS) is 1. The lowest BCUT2D eigenvalue weighted by molar-refractivity contribution is -0.138. The van der Waals surface area contributed by atoms with E-state index in [1.165, 1.54) is 0 Å². The van der Waals surface area contributed by atoms with Crippen LogP contribution < -0.4 is 5.73 Å². The molecule has 0 saturated heterocycles. The molecule has 0 radical (unpaired) electrons. The molecule has 0 aliphatic carbocycles. The number of aromatic nitrogens is 1. The fraction of sp³-hybridized carbons (Fsp3) is 0.250. The molecule has 4 nitrogen and oxygen atoms in total. The molecule has 0 amide bonds. The lowest BCUT2D eigenvalue weighted by Crippen LogP contribution is -2.21. The SMILES string of the molecule is Cn1ccc2c(Cl)cc(C(CN)C(=O)O)cc21. The molecule has 0 fully saturated rings. The molecule has 0 aliphatic heterocycles. The summed E-state index contributed by atoms with van der Waals surface area (Å²) < 4.78 is 1.90. The van der Waals surface area contributed by atoms with Crippen LogP contribution in [-0.4, -0.2) is 22.2 Å². The summed E-state index contributed by atoms with van der Waals surface area (Å²) >= 11 is 6.13. The van der Waals surface area contributed by atoms with Crippen LogP contribution in [0.15, 0.2) is 24.4 Å². The Morgan fingerprint density at radius 3 is 2.88 bits per heavy atom. The van der Waals surface area contributed by atoms with E-state index in [9.17, 15) is 4.79 Å². The van der Waals surface area contributed by atoms with E-state index in [0.717, 1.165) is 10.9 Å². The number of hydrogen-bond acceptors (Lipinski definition) is 2. The van der Waals surface area contributed by atoms with Crippen molar-refractivity contribution in [1.82, 2.24) is 4.57 Å². The maximum absolute atomic E-state index is 11.1. The molecular formula is C12H13ClN2O2. The molecule has 1 aromatic heterocycles. The molecular weight excluding hydrogens is 240 g/mol. The number of nitrogens with two attached hydrogens (primary N) is 1. The highest BCUT2D eigenvalue weighted by molar-refractivity contribution is 6.35. The van der Waals surface area contributed by atoms with Gasteiger partial charge >= 0.3 is 5.97 Å². The second-order valence-electron chi connectivity index (χ2n) is 3.99. The highest BCUT2D eigenvalue weighted by Gasteiger charge is 2.19. The van der Waals surface area contributed by atoms with Crippen LogP contribution in [0.2, 0.25) is 5.02 Å². The van der Waals surface area contributed by atoms with Crippen molar-refractivity contribution in [3.05, 3.63) is 35.0 Å². The Morgan fingerprint density at radius 2 is 2.29 bits per heavy atom. The zero-order valence-electron chi connectivity index (χ0n) is 9.35. The van der Waals surface area contributed by atoms with Gasteiger partial charge in [-0.1, -0.05) is 11.6 Å². The zero-order valence-corrected chi connectivity index (χ0v) is 10.1. The lowest BCUT2D eigenvalue weighted by atomic mass is 9.98. The molecule has 0 bridgehead atoms. The van der Waals surface area contributed by atoms with Crippen LogP contribution in [0.5, 0.6) is 0 Å². The van der Waals surface area contributed by atoms with E-state index >= 15 is 0 Å². The van der Waals surface area contributed by atoms with Crippen LogP contribution in [0.25, 0.3) is 10.9 Å². The number of aliphatic carboxylic acids is 1. The summed E-state index contributed by atoms with van der Waals surface area (Å²) in [5, 5.41) is 10.5. The van der Waals surface area contributed by atoms with Crippen LogP contribution in [0.4, 0.5) is 0 Å². The third kappa shape index (κ3) is 2.01. The van der Waals surface area contributed by atoms with Crippen molar-refractivity contribution in [2.24, 2.45) is 12.8 Å².